The zero-order chi connectivity index (χ0) is 22.0. The Bertz CT molecular complexity index is 1300. The molecule has 0 spiro atoms. The van der Waals surface area contributed by atoms with Gasteiger partial charge >= 0.3 is 6.15 Å². The number of anilines is 1. The van der Waals surface area contributed by atoms with Crippen LogP contribution in [0.2, 0.25) is 0 Å². The van der Waals surface area contributed by atoms with Gasteiger partial charge in [0.05, 0.1) is 17.5 Å². The number of aromatic nitrogens is 4. The summed E-state index contributed by atoms with van der Waals surface area (Å²) in [5.41, 5.74) is 10.3. The van der Waals surface area contributed by atoms with Gasteiger partial charge in [-0.2, -0.15) is 19.2 Å². The summed E-state index contributed by atoms with van der Waals surface area (Å²) in [5, 5.41) is 7.58. The highest BCUT2D eigenvalue weighted by molar-refractivity contribution is 7.16. The highest BCUT2D eigenvalue weighted by Gasteiger charge is 2.26. The Kier molecular flexibility index (Phi) is 5.88. The zero-order valence-electron chi connectivity index (χ0n) is 17.0. The van der Waals surface area contributed by atoms with Gasteiger partial charge in [-0.15, -0.1) is 11.3 Å². The van der Waals surface area contributed by atoms with Gasteiger partial charge in [0, 0.05) is 28.6 Å². The number of nitrogen functional groups attached to an aromatic ring is 1. The Balaban J connectivity index is 0.000000730. The monoisotopic (exact) mass is 435 g/mol. The predicted octanol–water partition coefficient (Wildman–Crippen LogP) is 4.26. The molecule has 1 saturated carbocycles. The van der Waals surface area contributed by atoms with Gasteiger partial charge in [0.25, 0.3) is 0 Å². The van der Waals surface area contributed by atoms with Crippen molar-refractivity contribution in [2.24, 2.45) is 0 Å². The molecular weight excluding hydrogens is 414 g/mol. The Morgan fingerprint density at radius 2 is 1.97 bits per heavy atom. The van der Waals surface area contributed by atoms with E-state index in [-0.39, 0.29) is 17.9 Å². The van der Waals surface area contributed by atoms with E-state index in [1.807, 2.05) is 11.6 Å². The Morgan fingerprint density at radius 1 is 1.23 bits per heavy atom. The summed E-state index contributed by atoms with van der Waals surface area (Å²) in [6.45, 7) is 1.56. The van der Waals surface area contributed by atoms with Gasteiger partial charge in [-0.1, -0.05) is 19.3 Å². The van der Waals surface area contributed by atoms with E-state index in [4.69, 9.17) is 20.3 Å². The molecule has 4 aromatic heterocycles. The molecule has 1 aliphatic rings. The topological polar surface area (TPSA) is 120 Å². The number of thiophene rings is 1. The molecular formula is C22H21N5O3S. The second-order valence-corrected chi connectivity index (χ2v) is 8.46. The molecule has 0 radical (unpaired) electrons. The van der Waals surface area contributed by atoms with Gasteiger partial charge in [-0.25, -0.2) is 9.97 Å². The SMILES string of the molecule is CC(=O)c1c(C2CCCCC2)nc2c(-c3cnc4sccc4c3)cnn2c1N.O=C=O. The van der Waals surface area contributed by atoms with E-state index < -0.39 is 0 Å². The fourth-order valence-corrected chi connectivity index (χ4v) is 5.00. The number of carbonyl (C=O) groups excluding carboxylic acids is 3. The number of hydrogen-bond acceptors (Lipinski definition) is 8. The molecule has 0 atom stereocenters. The molecule has 1 aliphatic carbocycles. The molecule has 4 heterocycles. The lowest BCUT2D eigenvalue weighted by molar-refractivity contribution is -0.191. The van der Waals surface area contributed by atoms with Crippen molar-refractivity contribution in [1.29, 1.82) is 0 Å². The van der Waals surface area contributed by atoms with E-state index >= 15 is 0 Å². The average Bonchev–Trinajstić information content (AvgIpc) is 3.41. The summed E-state index contributed by atoms with van der Waals surface area (Å²) in [5.74, 6) is 0.611. The summed E-state index contributed by atoms with van der Waals surface area (Å²) < 4.78 is 1.59. The van der Waals surface area contributed by atoms with Crippen LogP contribution in [0.3, 0.4) is 0 Å². The molecule has 158 valence electrons. The molecule has 2 N–H and O–H groups in total. The molecule has 5 rings (SSSR count). The molecule has 9 heteroatoms. The molecule has 8 nitrogen and oxygen atoms in total. The first kappa shape index (κ1) is 20.8. The molecule has 0 amide bonds. The van der Waals surface area contributed by atoms with Gasteiger partial charge in [0.1, 0.15) is 10.6 Å². The minimum absolute atomic E-state index is 0.0501. The fourth-order valence-electron chi connectivity index (χ4n) is 4.27. The van der Waals surface area contributed by atoms with Gasteiger partial charge in [0.2, 0.25) is 0 Å². The zero-order valence-corrected chi connectivity index (χ0v) is 17.8. The van der Waals surface area contributed by atoms with Crippen LogP contribution < -0.4 is 5.73 Å². The molecule has 0 saturated heterocycles. The first-order chi connectivity index (χ1) is 15.0. The van der Waals surface area contributed by atoms with Crippen LogP contribution in [-0.4, -0.2) is 31.5 Å². The van der Waals surface area contributed by atoms with Crippen LogP contribution in [0.5, 0.6) is 0 Å². The minimum Gasteiger partial charge on any atom is -0.383 e. The van der Waals surface area contributed by atoms with E-state index in [2.05, 4.69) is 22.2 Å². The van der Waals surface area contributed by atoms with Crippen molar-refractivity contribution in [2.45, 2.75) is 44.9 Å². The highest BCUT2D eigenvalue weighted by atomic mass is 32.1. The first-order valence-electron chi connectivity index (χ1n) is 10.1. The second kappa shape index (κ2) is 8.75. The third kappa shape index (κ3) is 3.85. The maximum atomic E-state index is 12.4. The highest BCUT2D eigenvalue weighted by Crippen LogP contribution is 2.37. The van der Waals surface area contributed by atoms with Crippen molar-refractivity contribution in [3.8, 4) is 11.1 Å². The summed E-state index contributed by atoms with van der Waals surface area (Å²) in [6.07, 6.45) is 9.55. The van der Waals surface area contributed by atoms with E-state index in [0.29, 0.717) is 17.0 Å². The number of ketones is 1. The lowest BCUT2D eigenvalue weighted by atomic mass is 9.84. The first-order valence-corrected chi connectivity index (χ1v) is 10.9. The molecule has 1 fully saturated rings. The molecule has 0 aliphatic heterocycles. The van der Waals surface area contributed by atoms with Crippen molar-refractivity contribution < 1.29 is 14.4 Å². The third-order valence-corrected chi connectivity index (χ3v) is 6.51. The summed E-state index contributed by atoms with van der Waals surface area (Å²) in [4.78, 5) is 39.2. The molecule has 4 aromatic rings. The van der Waals surface area contributed by atoms with E-state index in [1.54, 1.807) is 29.0 Å². The Morgan fingerprint density at radius 3 is 2.68 bits per heavy atom. The Labute approximate surface area is 182 Å². The average molecular weight is 436 g/mol. The number of nitrogens with two attached hydrogens (primary N) is 1. The van der Waals surface area contributed by atoms with Crippen LogP contribution in [0, 0.1) is 0 Å². The maximum Gasteiger partial charge on any atom is 0.373 e. The van der Waals surface area contributed by atoms with Crippen molar-refractivity contribution in [3.63, 3.8) is 0 Å². The van der Waals surface area contributed by atoms with Crippen LogP contribution in [0.4, 0.5) is 5.82 Å². The van der Waals surface area contributed by atoms with Gasteiger partial charge < -0.3 is 5.73 Å². The largest absolute Gasteiger partial charge is 0.383 e. The number of pyridine rings is 1. The number of nitrogens with zero attached hydrogens (tertiary/aromatic N) is 4. The maximum absolute atomic E-state index is 12.4. The standard InChI is InChI=1S/C21H21N5OS.CO2/c1-12(27)17-18(13-5-3-2-4-6-13)25-20-16(11-24-26(20)19(17)22)15-9-14-7-8-28-21(14)23-10-15;2-1-3/h7-11,13H,2-6,22H2,1H3;. The summed E-state index contributed by atoms with van der Waals surface area (Å²) in [7, 11) is 0. The number of Topliss-reactive ketones (excluding diaryl/α,β-unsaturated/α-hetero) is 1. The number of fused-ring (bicyclic) bond motifs is 2. The predicted molar refractivity (Wildman–Crippen MR) is 117 cm³/mol. The van der Waals surface area contributed by atoms with Crippen LogP contribution >= 0.6 is 11.3 Å². The number of carbonyl (C=O) groups is 1. The lowest BCUT2D eigenvalue weighted by Gasteiger charge is -2.23. The lowest BCUT2D eigenvalue weighted by Crippen LogP contribution is -2.17. The molecule has 0 bridgehead atoms. The normalized spacial score (nSPS) is 14.2. The minimum atomic E-state index is -0.0501. The summed E-state index contributed by atoms with van der Waals surface area (Å²) in [6, 6.07) is 4.16. The third-order valence-electron chi connectivity index (χ3n) is 5.67. The van der Waals surface area contributed by atoms with E-state index in [0.717, 1.165) is 39.9 Å². The van der Waals surface area contributed by atoms with Crippen molar-refractivity contribution in [3.05, 3.63) is 41.2 Å². The second-order valence-electron chi connectivity index (χ2n) is 7.56. The van der Waals surface area contributed by atoms with E-state index in [9.17, 15) is 4.79 Å². The van der Waals surface area contributed by atoms with Crippen LogP contribution in [0.15, 0.2) is 29.9 Å². The van der Waals surface area contributed by atoms with Crippen LogP contribution in [0.1, 0.15) is 61.0 Å². The fraction of sp³-hybridized carbons (Fsp3) is 0.318. The Hall–Kier alpha value is -3.42. The van der Waals surface area contributed by atoms with Crippen LogP contribution in [0.25, 0.3) is 27.0 Å². The molecule has 0 unspecified atom stereocenters. The van der Waals surface area contributed by atoms with Crippen molar-refractivity contribution >= 4 is 45.0 Å². The van der Waals surface area contributed by atoms with Gasteiger partial charge in [-0.05, 0) is 37.3 Å². The molecule has 31 heavy (non-hydrogen) atoms. The van der Waals surface area contributed by atoms with Crippen LogP contribution in [-0.2, 0) is 9.59 Å². The quantitative estimate of drug-likeness (QED) is 0.477. The summed E-state index contributed by atoms with van der Waals surface area (Å²) >= 11 is 1.62. The van der Waals surface area contributed by atoms with Gasteiger partial charge in [0.15, 0.2) is 11.4 Å². The smallest absolute Gasteiger partial charge is 0.373 e. The van der Waals surface area contributed by atoms with Gasteiger partial charge in [-0.3, -0.25) is 4.79 Å². The van der Waals surface area contributed by atoms with Crippen molar-refractivity contribution in [2.75, 3.05) is 5.73 Å². The number of rotatable bonds is 3. The number of hydrogen-bond donors (Lipinski definition) is 1. The van der Waals surface area contributed by atoms with Crippen molar-refractivity contribution in [1.82, 2.24) is 19.6 Å². The molecule has 0 aromatic carbocycles. The van der Waals surface area contributed by atoms with E-state index in [1.165, 1.54) is 19.3 Å².